The molecule has 0 radical (unpaired) electrons. The maximum Gasteiger partial charge on any atom is 0.181 e. The second kappa shape index (κ2) is 6.12. The number of aryl methyl sites for hydroxylation is 3. The van der Waals surface area contributed by atoms with E-state index in [0.29, 0.717) is 0 Å². The van der Waals surface area contributed by atoms with Crippen LogP contribution in [0.4, 0.5) is 17.2 Å². The highest BCUT2D eigenvalue weighted by atomic mass is 16.5. The van der Waals surface area contributed by atoms with Gasteiger partial charge in [-0.3, -0.25) is 4.90 Å². The van der Waals surface area contributed by atoms with Crippen molar-refractivity contribution in [2.24, 2.45) is 0 Å². The predicted octanol–water partition coefficient (Wildman–Crippen LogP) is 6.88. The number of fused-ring (bicyclic) bond motifs is 2. The van der Waals surface area contributed by atoms with Crippen LogP contribution < -0.4 is 9.64 Å². The van der Waals surface area contributed by atoms with E-state index in [-0.39, 0.29) is 5.41 Å². The third-order valence-corrected chi connectivity index (χ3v) is 5.09. The monoisotopic (exact) mass is 358 g/mol. The number of pyridine rings is 1. The van der Waals surface area contributed by atoms with Gasteiger partial charge in [-0.1, -0.05) is 45.0 Å². The highest BCUT2D eigenvalue weighted by Gasteiger charge is 2.29. The third kappa shape index (κ3) is 2.97. The van der Waals surface area contributed by atoms with Gasteiger partial charge in [0.25, 0.3) is 0 Å². The first-order valence-corrected chi connectivity index (χ1v) is 9.41. The van der Waals surface area contributed by atoms with E-state index in [2.05, 4.69) is 63.8 Å². The average molecular weight is 358 g/mol. The molecule has 27 heavy (non-hydrogen) atoms. The van der Waals surface area contributed by atoms with E-state index >= 15 is 0 Å². The molecule has 3 aromatic rings. The highest BCUT2D eigenvalue weighted by Crippen LogP contribution is 2.51. The van der Waals surface area contributed by atoms with Crippen LogP contribution in [0.25, 0.3) is 0 Å². The number of ether oxygens (including phenoxy) is 1. The summed E-state index contributed by atoms with van der Waals surface area (Å²) in [6, 6.07) is 14.8. The minimum absolute atomic E-state index is 0.115. The summed E-state index contributed by atoms with van der Waals surface area (Å²) in [6.07, 6.45) is 1.90. The number of hydrogen-bond acceptors (Lipinski definition) is 3. The van der Waals surface area contributed by atoms with E-state index in [9.17, 15) is 0 Å². The molecule has 0 N–H and O–H groups in total. The molecule has 4 rings (SSSR count). The maximum atomic E-state index is 6.16. The van der Waals surface area contributed by atoms with Gasteiger partial charge in [-0.25, -0.2) is 4.98 Å². The summed E-state index contributed by atoms with van der Waals surface area (Å²) in [6.45, 7) is 13.2. The van der Waals surface area contributed by atoms with E-state index in [0.717, 1.165) is 28.6 Å². The van der Waals surface area contributed by atoms with Gasteiger partial charge in [-0.15, -0.1) is 0 Å². The van der Waals surface area contributed by atoms with Crippen molar-refractivity contribution in [3.63, 3.8) is 0 Å². The molecule has 0 saturated carbocycles. The third-order valence-electron chi connectivity index (χ3n) is 5.09. The number of rotatable bonds is 1. The van der Waals surface area contributed by atoms with Crippen molar-refractivity contribution in [2.75, 3.05) is 4.90 Å². The SMILES string of the molecule is Cc1cnc2c(c1)Oc1ccccc1N2c1c(C)cc(C(C)(C)C)cc1C. The molecule has 1 aliphatic heterocycles. The topological polar surface area (TPSA) is 25.4 Å². The summed E-state index contributed by atoms with van der Waals surface area (Å²) in [5, 5.41) is 0. The Kier molecular flexibility index (Phi) is 3.99. The zero-order valence-electron chi connectivity index (χ0n) is 16.9. The van der Waals surface area contributed by atoms with Crippen molar-refractivity contribution in [1.29, 1.82) is 0 Å². The lowest BCUT2D eigenvalue weighted by atomic mass is 9.84. The molecule has 0 amide bonds. The molecule has 0 fully saturated rings. The second-order valence-electron chi connectivity index (χ2n) is 8.45. The quantitative estimate of drug-likeness (QED) is 0.371. The Hall–Kier alpha value is -2.81. The first-order valence-electron chi connectivity index (χ1n) is 9.41. The Bertz CT molecular complexity index is 1010. The molecule has 1 aromatic heterocycles. The van der Waals surface area contributed by atoms with Gasteiger partial charge in [-0.05, 0) is 66.6 Å². The van der Waals surface area contributed by atoms with Crippen LogP contribution in [0.5, 0.6) is 11.5 Å². The predicted molar refractivity (Wildman–Crippen MR) is 112 cm³/mol. The molecular weight excluding hydrogens is 332 g/mol. The van der Waals surface area contributed by atoms with Gasteiger partial charge in [0.2, 0.25) is 0 Å². The smallest absolute Gasteiger partial charge is 0.181 e. The van der Waals surface area contributed by atoms with Crippen molar-refractivity contribution in [1.82, 2.24) is 4.98 Å². The van der Waals surface area contributed by atoms with Crippen LogP contribution in [0, 0.1) is 20.8 Å². The Labute approximate surface area is 161 Å². The largest absolute Gasteiger partial charge is 0.451 e. The fourth-order valence-corrected chi connectivity index (χ4v) is 3.71. The van der Waals surface area contributed by atoms with Gasteiger partial charge >= 0.3 is 0 Å². The van der Waals surface area contributed by atoms with Crippen LogP contribution in [0.1, 0.15) is 43.0 Å². The Morgan fingerprint density at radius 2 is 1.56 bits per heavy atom. The van der Waals surface area contributed by atoms with Crippen LogP contribution in [-0.2, 0) is 5.41 Å². The maximum absolute atomic E-state index is 6.16. The van der Waals surface area contributed by atoms with Crippen molar-refractivity contribution in [3.05, 3.63) is 70.9 Å². The van der Waals surface area contributed by atoms with Gasteiger partial charge in [0, 0.05) is 6.20 Å². The van der Waals surface area contributed by atoms with Crippen LogP contribution >= 0.6 is 0 Å². The molecule has 3 heteroatoms. The Morgan fingerprint density at radius 1 is 0.889 bits per heavy atom. The summed E-state index contributed by atoms with van der Waals surface area (Å²) in [4.78, 5) is 6.97. The second-order valence-corrected chi connectivity index (χ2v) is 8.45. The van der Waals surface area contributed by atoms with Gasteiger partial charge in [0.05, 0.1) is 11.4 Å². The summed E-state index contributed by atoms with van der Waals surface area (Å²) < 4.78 is 6.16. The zero-order chi connectivity index (χ0) is 19.3. The fourth-order valence-electron chi connectivity index (χ4n) is 3.71. The number of hydrogen-bond donors (Lipinski definition) is 0. The minimum atomic E-state index is 0.115. The first kappa shape index (κ1) is 17.6. The van der Waals surface area contributed by atoms with Gasteiger partial charge in [-0.2, -0.15) is 0 Å². The van der Waals surface area contributed by atoms with E-state index in [1.54, 1.807) is 0 Å². The standard InChI is InChI=1S/C24H26N2O/c1-15-11-21-23(25-14-15)26(19-9-7-8-10-20(19)27-21)22-16(2)12-18(13-17(22)3)24(4,5)6/h7-14H,1-6H3. The molecule has 1 aliphatic rings. The van der Waals surface area contributed by atoms with Crippen LogP contribution in [0.2, 0.25) is 0 Å². The molecule has 0 saturated heterocycles. The molecule has 0 bridgehead atoms. The molecule has 138 valence electrons. The highest BCUT2D eigenvalue weighted by molar-refractivity contribution is 5.86. The molecule has 0 spiro atoms. The van der Waals surface area contributed by atoms with Gasteiger partial charge < -0.3 is 4.74 Å². The lowest BCUT2D eigenvalue weighted by Crippen LogP contribution is -2.20. The van der Waals surface area contributed by atoms with E-state index < -0.39 is 0 Å². The Morgan fingerprint density at radius 3 is 2.22 bits per heavy atom. The molecule has 3 nitrogen and oxygen atoms in total. The van der Waals surface area contributed by atoms with Gasteiger partial charge in [0.15, 0.2) is 17.3 Å². The van der Waals surface area contributed by atoms with Crippen molar-refractivity contribution in [3.8, 4) is 11.5 Å². The minimum Gasteiger partial charge on any atom is -0.451 e. The summed E-state index contributed by atoms with van der Waals surface area (Å²) in [5.41, 5.74) is 7.23. The average Bonchev–Trinajstić information content (AvgIpc) is 2.59. The fraction of sp³-hybridized carbons (Fsp3) is 0.292. The summed E-state index contributed by atoms with van der Waals surface area (Å²) in [5.74, 6) is 2.50. The molecule has 0 aliphatic carbocycles. The molecule has 2 aromatic carbocycles. The molecule has 2 heterocycles. The van der Waals surface area contributed by atoms with Crippen LogP contribution in [0.15, 0.2) is 48.7 Å². The zero-order valence-corrected chi connectivity index (χ0v) is 16.9. The number of benzene rings is 2. The van der Waals surface area contributed by atoms with Crippen LogP contribution in [-0.4, -0.2) is 4.98 Å². The molecule has 0 atom stereocenters. The first-order chi connectivity index (χ1) is 12.8. The van der Waals surface area contributed by atoms with Crippen molar-refractivity contribution >= 4 is 17.2 Å². The summed E-state index contributed by atoms with van der Waals surface area (Å²) >= 11 is 0. The normalized spacial score (nSPS) is 13.0. The van der Waals surface area contributed by atoms with E-state index in [1.807, 2.05) is 31.3 Å². The van der Waals surface area contributed by atoms with Gasteiger partial charge in [0.1, 0.15) is 0 Å². The summed E-state index contributed by atoms with van der Waals surface area (Å²) in [7, 11) is 0. The number of nitrogens with zero attached hydrogens (tertiary/aromatic N) is 2. The Balaban J connectivity index is 1.97. The van der Waals surface area contributed by atoms with E-state index in [1.165, 1.54) is 22.4 Å². The van der Waals surface area contributed by atoms with Crippen molar-refractivity contribution in [2.45, 2.75) is 47.0 Å². The number of anilines is 3. The molecule has 0 unspecified atom stereocenters. The van der Waals surface area contributed by atoms with Crippen LogP contribution in [0.3, 0.4) is 0 Å². The number of aromatic nitrogens is 1. The van der Waals surface area contributed by atoms with E-state index in [4.69, 9.17) is 9.72 Å². The molecular formula is C24H26N2O. The number of para-hydroxylation sites is 2. The lowest BCUT2D eigenvalue weighted by Gasteiger charge is -2.34. The van der Waals surface area contributed by atoms with Crippen molar-refractivity contribution < 1.29 is 4.74 Å². The lowest BCUT2D eigenvalue weighted by molar-refractivity contribution is 0.473.